The van der Waals surface area contributed by atoms with E-state index in [1.54, 1.807) is 6.20 Å². The normalized spacial score (nSPS) is 12.8. The minimum atomic E-state index is -0.0959. The van der Waals surface area contributed by atoms with Crippen molar-refractivity contribution in [2.24, 2.45) is 0 Å². The number of hydrogen-bond donors (Lipinski definition) is 2. The van der Waals surface area contributed by atoms with E-state index in [4.69, 9.17) is 5.73 Å². The standard InChI is InChI=1S/C22H20N6O/c23-22-21-20(25-13-26-22)16-7-4-8-17(16)28(21)15-9-10-18(24-12-15)27-19(29)11-14-5-2-1-3-6-14/h1-3,5-6,9-10,12-13H,4,7-8,11H2,(H2,23,25,26)(H,24,27,29). The summed E-state index contributed by atoms with van der Waals surface area (Å²) in [6.07, 6.45) is 6.66. The molecule has 1 aliphatic carbocycles. The van der Waals surface area contributed by atoms with Crippen LogP contribution in [0.3, 0.4) is 0 Å². The summed E-state index contributed by atoms with van der Waals surface area (Å²) < 4.78 is 2.11. The average Bonchev–Trinajstić information content (AvgIpc) is 3.31. The lowest BCUT2D eigenvalue weighted by atomic mass is 10.1. The zero-order chi connectivity index (χ0) is 19.8. The number of benzene rings is 1. The van der Waals surface area contributed by atoms with Crippen LogP contribution in [0.2, 0.25) is 0 Å². The molecule has 3 N–H and O–H groups in total. The molecule has 3 heterocycles. The maximum atomic E-state index is 12.3. The first-order chi connectivity index (χ1) is 14.2. The van der Waals surface area contributed by atoms with Gasteiger partial charge in [0.1, 0.15) is 17.7 Å². The molecule has 144 valence electrons. The smallest absolute Gasteiger partial charge is 0.229 e. The van der Waals surface area contributed by atoms with Crippen molar-refractivity contribution in [3.8, 4) is 5.69 Å². The molecule has 0 bridgehead atoms. The number of carbonyl (C=O) groups excluding carboxylic acids is 1. The summed E-state index contributed by atoms with van der Waals surface area (Å²) >= 11 is 0. The Balaban J connectivity index is 1.43. The molecule has 7 heteroatoms. The molecular formula is C22H20N6O. The molecule has 0 atom stereocenters. The van der Waals surface area contributed by atoms with Gasteiger partial charge in [0.2, 0.25) is 5.91 Å². The van der Waals surface area contributed by atoms with Gasteiger partial charge >= 0.3 is 0 Å². The number of aryl methyl sites for hydroxylation is 1. The highest BCUT2D eigenvalue weighted by Gasteiger charge is 2.25. The molecule has 1 aromatic carbocycles. The number of amides is 1. The van der Waals surface area contributed by atoms with Crippen LogP contribution in [-0.4, -0.2) is 25.4 Å². The number of nitrogens with zero attached hydrogens (tertiary/aromatic N) is 4. The number of anilines is 2. The van der Waals surface area contributed by atoms with Crippen molar-refractivity contribution in [2.75, 3.05) is 11.1 Å². The number of pyridine rings is 1. The lowest BCUT2D eigenvalue weighted by molar-refractivity contribution is -0.115. The van der Waals surface area contributed by atoms with Crippen LogP contribution in [0.5, 0.6) is 0 Å². The molecule has 0 fully saturated rings. The summed E-state index contributed by atoms with van der Waals surface area (Å²) in [5.74, 6) is 0.887. The minimum absolute atomic E-state index is 0.0959. The largest absolute Gasteiger partial charge is 0.382 e. The van der Waals surface area contributed by atoms with Crippen LogP contribution in [0.4, 0.5) is 11.6 Å². The number of aromatic nitrogens is 4. The fraction of sp³-hybridized carbons (Fsp3) is 0.182. The third-order valence-corrected chi connectivity index (χ3v) is 5.30. The van der Waals surface area contributed by atoms with Crippen molar-refractivity contribution in [3.05, 3.63) is 71.8 Å². The first-order valence-electron chi connectivity index (χ1n) is 9.63. The van der Waals surface area contributed by atoms with Crippen LogP contribution >= 0.6 is 0 Å². The first kappa shape index (κ1) is 17.4. The molecule has 3 aromatic heterocycles. The molecule has 0 spiro atoms. The molecule has 5 rings (SSSR count). The van der Waals surface area contributed by atoms with E-state index in [0.717, 1.165) is 41.5 Å². The highest BCUT2D eigenvalue weighted by Crippen LogP contribution is 2.35. The van der Waals surface area contributed by atoms with Crippen molar-refractivity contribution in [3.63, 3.8) is 0 Å². The Hall–Kier alpha value is -3.74. The average molecular weight is 384 g/mol. The predicted octanol–water partition coefficient (Wildman–Crippen LogP) is 3.07. The summed E-state index contributed by atoms with van der Waals surface area (Å²) in [5.41, 5.74) is 12.2. The Morgan fingerprint density at radius 2 is 1.93 bits per heavy atom. The van der Waals surface area contributed by atoms with Gasteiger partial charge in [-0.05, 0) is 42.5 Å². The summed E-state index contributed by atoms with van der Waals surface area (Å²) in [5, 5.41) is 2.86. The number of nitrogens with one attached hydrogen (secondary N) is 1. The Kier molecular flexibility index (Phi) is 4.20. The Morgan fingerprint density at radius 3 is 2.72 bits per heavy atom. The maximum absolute atomic E-state index is 12.3. The molecule has 29 heavy (non-hydrogen) atoms. The van der Waals surface area contributed by atoms with E-state index >= 15 is 0 Å². The first-order valence-corrected chi connectivity index (χ1v) is 9.63. The zero-order valence-electron chi connectivity index (χ0n) is 15.8. The molecule has 0 unspecified atom stereocenters. The Labute approximate surface area is 167 Å². The van der Waals surface area contributed by atoms with Gasteiger partial charge < -0.3 is 15.6 Å². The molecule has 7 nitrogen and oxygen atoms in total. The summed E-state index contributed by atoms with van der Waals surface area (Å²) in [4.78, 5) is 25.4. The van der Waals surface area contributed by atoms with E-state index in [1.165, 1.54) is 17.6 Å². The van der Waals surface area contributed by atoms with Gasteiger partial charge in [-0.1, -0.05) is 30.3 Å². The summed E-state index contributed by atoms with van der Waals surface area (Å²) in [7, 11) is 0. The second-order valence-corrected chi connectivity index (χ2v) is 7.18. The quantitative estimate of drug-likeness (QED) is 0.563. The van der Waals surface area contributed by atoms with Gasteiger partial charge in [0, 0.05) is 5.69 Å². The van der Waals surface area contributed by atoms with Crippen LogP contribution in [-0.2, 0) is 24.1 Å². The number of carbonyl (C=O) groups is 1. The third-order valence-electron chi connectivity index (χ3n) is 5.30. The monoisotopic (exact) mass is 384 g/mol. The number of nitrogens with two attached hydrogens (primary N) is 1. The fourth-order valence-corrected chi connectivity index (χ4v) is 4.04. The Morgan fingerprint density at radius 1 is 1.07 bits per heavy atom. The predicted molar refractivity (Wildman–Crippen MR) is 112 cm³/mol. The van der Waals surface area contributed by atoms with Crippen molar-refractivity contribution in [1.29, 1.82) is 0 Å². The fourth-order valence-electron chi connectivity index (χ4n) is 4.04. The summed E-state index contributed by atoms with van der Waals surface area (Å²) in [6.45, 7) is 0. The number of hydrogen-bond acceptors (Lipinski definition) is 5. The lowest BCUT2D eigenvalue weighted by Gasteiger charge is -2.11. The molecule has 1 amide bonds. The third kappa shape index (κ3) is 3.10. The molecule has 0 saturated carbocycles. The molecule has 0 radical (unpaired) electrons. The van der Waals surface area contributed by atoms with E-state index < -0.39 is 0 Å². The SMILES string of the molecule is Nc1ncnc2c3c(n(-c4ccc(NC(=O)Cc5ccccc5)nc4)c12)CCC3. The minimum Gasteiger partial charge on any atom is -0.382 e. The van der Waals surface area contributed by atoms with Gasteiger partial charge in [0.15, 0.2) is 5.82 Å². The molecule has 4 aromatic rings. The van der Waals surface area contributed by atoms with Gasteiger partial charge in [-0.25, -0.2) is 15.0 Å². The summed E-state index contributed by atoms with van der Waals surface area (Å²) in [6, 6.07) is 13.4. The highest BCUT2D eigenvalue weighted by atomic mass is 16.1. The lowest BCUT2D eigenvalue weighted by Crippen LogP contribution is -2.15. The number of nitrogen functional groups attached to an aromatic ring is 1. The number of rotatable bonds is 4. The van der Waals surface area contributed by atoms with Crippen molar-refractivity contribution < 1.29 is 4.79 Å². The van der Waals surface area contributed by atoms with Crippen LogP contribution in [0.25, 0.3) is 16.7 Å². The molecule has 1 aliphatic rings. The Bertz CT molecular complexity index is 1200. The van der Waals surface area contributed by atoms with Gasteiger partial charge in [-0.2, -0.15) is 0 Å². The zero-order valence-corrected chi connectivity index (χ0v) is 15.8. The van der Waals surface area contributed by atoms with Crippen LogP contribution < -0.4 is 11.1 Å². The van der Waals surface area contributed by atoms with E-state index in [1.807, 2.05) is 42.5 Å². The van der Waals surface area contributed by atoms with E-state index in [2.05, 4.69) is 24.8 Å². The molecule has 0 saturated heterocycles. The maximum Gasteiger partial charge on any atom is 0.229 e. The second kappa shape index (κ2) is 7.01. The molecular weight excluding hydrogens is 364 g/mol. The second-order valence-electron chi connectivity index (χ2n) is 7.18. The molecule has 0 aliphatic heterocycles. The van der Waals surface area contributed by atoms with Crippen molar-refractivity contribution in [2.45, 2.75) is 25.7 Å². The van der Waals surface area contributed by atoms with Gasteiger partial charge in [-0.3, -0.25) is 4.79 Å². The van der Waals surface area contributed by atoms with Gasteiger partial charge in [-0.15, -0.1) is 0 Å². The van der Waals surface area contributed by atoms with Crippen molar-refractivity contribution in [1.82, 2.24) is 19.5 Å². The van der Waals surface area contributed by atoms with E-state index in [0.29, 0.717) is 18.1 Å². The topological polar surface area (TPSA) is 98.7 Å². The number of fused-ring (bicyclic) bond motifs is 3. The van der Waals surface area contributed by atoms with Crippen LogP contribution in [0.1, 0.15) is 23.2 Å². The van der Waals surface area contributed by atoms with Crippen molar-refractivity contribution >= 4 is 28.6 Å². The van der Waals surface area contributed by atoms with Crippen LogP contribution in [0.15, 0.2) is 55.0 Å². The van der Waals surface area contributed by atoms with E-state index in [-0.39, 0.29) is 5.91 Å². The van der Waals surface area contributed by atoms with Gasteiger partial charge in [0.05, 0.1) is 23.8 Å². The van der Waals surface area contributed by atoms with Crippen LogP contribution in [0, 0.1) is 0 Å². The van der Waals surface area contributed by atoms with Gasteiger partial charge in [0.25, 0.3) is 0 Å². The van der Waals surface area contributed by atoms with E-state index in [9.17, 15) is 4.79 Å². The highest BCUT2D eigenvalue weighted by molar-refractivity contribution is 5.92.